The Morgan fingerprint density at radius 2 is 1.92 bits per heavy atom. The number of amides is 1. The van der Waals surface area contributed by atoms with Gasteiger partial charge in [-0.2, -0.15) is 5.26 Å². The number of nitrogens with zero attached hydrogens (tertiary/aromatic N) is 4. The molecule has 25 heavy (non-hydrogen) atoms. The van der Waals surface area contributed by atoms with Crippen LogP contribution >= 0.6 is 0 Å². The van der Waals surface area contributed by atoms with Crippen molar-refractivity contribution in [1.82, 2.24) is 14.7 Å². The first kappa shape index (κ1) is 17.9. The molecule has 0 unspecified atom stereocenters. The van der Waals surface area contributed by atoms with Crippen LogP contribution in [0.25, 0.3) is 0 Å². The minimum Gasteiger partial charge on any atom is -0.342 e. The van der Waals surface area contributed by atoms with Crippen LogP contribution in [-0.4, -0.2) is 65.9 Å². The highest BCUT2D eigenvalue weighted by Gasteiger charge is 2.34. The van der Waals surface area contributed by atoms with E-state index in [1.807, 2.05) is 17.0 Å². The monoisotopic (exact) mass is 340 g/mol. The molecular weight excluding hydrogens is 312 g/mol. The molecule has 2 aliphatic heterocycles. The highest BCUT2D eigenvalue weighted by atomic mass is 16.2. The van der Waals surface area contributed by atoms with Crippen LogP contribution in [0.15, 0.2) is 24.3 Å². The fourth-order valence-corrected chi connectivity index (χ4v) is 4.18. The van der Waals surface area contributed by atoms with Crippen molar-refractivity contribution in [2.75, 3.05) is 39.3 Å². The summed E-state index contributed by atoms with van der Waals surface area (Å²) in [4.78, 5) is 18.7. The molecule has 0 bridgehead atoms. The standard InChI is InChI=1S/C20H28N4O/c1-16-13-22(14-19-6-4-18(12-21)5-7-19)15-20(16)24-9-3-8-23(10-11-24)17(2)25/h4-7,16,20H,3,8-11,13-15H2,1-2H3/t16-,20-/m0/s1. The number of hydrogen-bond acceptors (Lipinski definition) is 4. The van der Waals surface area contributed by atoms with Crippen LogP contribution in [0, 0.1) is 17.2 Å². The van der Waals surface area contributed by atoms with Crippen LogP contribution in [0.3, 0.4) is 0 Å². The lowest BCUT2D eigenvalue weighted by Gasteiger charge is -2.30. The third kappa shape index (κ3) is 4.39. The van der Waals surface area contributed by atoms with Gasteiger partial charge in [-0.15, -0.1) is 0 Å². The molecular formula is C20H28N4O. The van der Waals surface area contributed by atoms with Gasteiger partial charge in [-0.3, -0.25) is 14.6 Å². The van der Waals surface area contributed by atoms with Crippen molar-refractivity contribution in [2.45, 2.75) is 32.9 Å². The van der Waals surface area contributed by atoms with Gasteiger partial charge in [0.05, 0.1) is 11.6 Å². The summed E-state index contributed by atoms with van der Waals surface area (Å²) in [5.41, 5.74) is 1.99. The van der Waals surface area contributed by atoms with E-state index in [2.05, 4.69) is 34.9 Å². The van der Waals surface area contributed by atoms with Crippen molar-refractivity contribution in [3.63, 3.8) is 0 Å². The van der Waals surface area contributed by atoms with Crippen molar-refractivity contribution < 1.29 is 4.79 Å². The summed E-state index contributed by atoms with van der Waals surface area (Å²) in [6.07, 6.45) is 1.07. The quantitative estimate of drug-likeness (QED) is 0.844. The van der Waals surface area contributed by atoms with Gasteiger partial charge >= 0.3 is 0 Å². The number of hydrogen-bond donors (Lipinski definition) is 0. The average Bonchev–Trinajstić information content (AvgIpc) is 2.82. The first-order valence-electron chi connectivity index (χ1n) is 9.28. The number of nitriles is 1. The minimum atomic E-state index is 0.198. The topological polar surface area (TPSA) is 50.6 Å². The van der Waals surface area contributed by atoms with E-state index >= 15 is 0 Å². The molecule has 5 nitrogen and oxygen atoms in total. The number of carbonyl (C=O) groups is 1. The van der Waals surface area contributed by atoms with Gasteiger partial charge in [0, 0.05) is 58.8 Å². The van der Waals surface area contributed by atoms with Crippen molar-refractivity contribution >= 4 is 5.91 Å². The predicted octanol–water partition coefficient (Wildman–Crippen LogP) is 1.93. The van der Waals surface area contributed by atoms with Gasteiger partial charge in [0.25, 0.3) is 0 Å². The van der Waals surface area contributed by atoms with E-state index in [1.54, 1.807) is 6.92 Å². The summed E-state index contributed by atoms with van der Waals surface area (Å²) >= 11 is 0. The Balaban J connectivity index is 1.57. The molecule has 1 aromatic rings. The highest BCUT2D eigenvalue weighted by molar-refractivity contribution is 5.73. The van der Waals surface area contributed by atoms with E-state index in [-0.39, 0.29) is 5.91 Å². The lowest BCUT2D eigenvalue weighted by atomic mass is 10.0. The molecule has 2 aliphatic rings. The molecule has 0 aromatic heterocycles. The molecule has 2 atom stereocenters. The largest absolute Gasteiger partial charge is 0.342 e. The van der Waals surface area contributed by atoms with Crippen LogP contribution < -0.4 is 0 Å². The molecule has 0 saturated carbocycles. The van der Waals surface area contributed by atoms with E-state index in [1.165, 1.54) is 5.56 Å². The summed E-state index contributed by atoms with van der Waals surface area (Å²) in [6.45, 7) is 11.0. The van der Waals surface area contributed by atoms with Gasteiger partial charge in [0.1, 0.15) is 0 Å². The van der Waals surface area contributed by atoms with Crippen molar-refractivity contribution in [3.05, 3.63) is 35.4 Å². The molecule has 1 aromatic carbocycles. The summed E-state index contributed by atoms with van der Waals surface area (Å²) in [5, 5.41) is 8.91. The summed E-state index contributed by atoms with van der Waals surface area (Å²) in [7, 11) is 0. The van der Waals surface area contributed by atoms with Gasteiger partial charge in [0.15, 0.2) is 0 Å². The fourth-order valence-electron chi connectivity index (χ4n) is 4.18. The van der Waals surface area contributed by atoms with Gasteiger partial charge in [-0.1, -0.05) is 19.1 Å². The maximum atomic E-state index is 11.6. The SMILES string of the molecule is CC(=O)N1CCCN([C@H]2CN(Cc3ccc(C#N)cc3)C[C@@H]2C)CC1. The lowest BCUT2D eigenvalue weighted by Crippen LogP contribution is -2.42. The first-order valence-corrected chi connectivity index (χ1v) is 9.28. The Labute approximate surface area is 150 Å². The molecule has 134 valence electrons. The lowest BCUT2D eigenvalue weighted by molar-refractivity contribution is -0.128. The van der Waals surface area contributed by atoms with E-state index in [0.717, 1.165) is 57.8 Å². The molecule has 2 fully saturated rings. The zero-order valence-electron chi connectivity index (χ0n) is 15.3. The molecule has 2 heterocycles. The third-order valence-corrected chi connectivity index (χ3v) is 5.58. The first-order chi connectivity index (χ1) is 12.1. The Morgan fingerprint density at radius 1 is 1.16 bits per heavy atom. The summed E-state index contributed by atoms with van der Waals surface area (Å²) in [6, 6.07) is 10.7. The fraction of sp³-hybridized carbons (Fsp3) is 0.600. The average molecular weight is 340 g/mol. The second kappa shape index (κ2) is 7.99. The maximum Gasteiger partial charge on any atom is 0.219 e. The molecule has 2 saturated heterocycles. The number of benzene rings is 1. The predicted molar refractivity (Wildman–Crippen MR) is 97.8 cm³/mol. The number of carbonyl (C=O) groups excluding carboxylic acids is 1. The smallest absolute Gasteiger partial charge is 0.219 e. The van der Waals surface area contributed by atoms with Crippen LogP contribution in [0.4, 0.5) is 0 Å². The van der Waals surface area contributed by atoms with E-state index < -0.39 is 0 Å². The maximum absolute atomic E-state index is 11.6. The molecule has 5 heteroatoms. The summed E-state index contributed by atoms with van der Waals surface area (Å²) < 4.78 is 0. The Morgan fingerprint density at radius 3 is 2.60 bits per heavy atom. The minimum absolute atomic E-state index is 0.198. The molecule has 3 rings (SSSR count). The highest BCUT2D eigenvalue weighted by Crippen LogP contribution is 2.24. The number of likely N-dealkylation sites (tertiary alicyclic amines) is 1. The zero-order chi connectivity index (χ0) is 17.8. The Bertz CT molecular complexity index is 636. The van der Waals surface area contributed by atoms with Crippen molar-refractivity contribution in [2.24, 2.45) is 5.92 Å². The normalized spacial score (nSPS) is 25.6. The molecule has 0 radical (unpaired) electrons. The van der Waals surface area contributed by atoms with Gasteiger partial charge in [-0.05, 0) is 30.0 Å². The number of rotatable bonds is 3. The van der Waals surface area contributed by atoms with E-state index in [0.29, 0.717) is 12.0 Å². The van der Waals surface area contributed by atoms with Crippen molar-refractivity contribution in [1.29, 1.82) is 5.26 Å². The van der Waals surface area contributed by atoms with Crippen LogP contribution in [0.1, 0.15) is 31.4 Å². The Hall–Kier alpha value is -1.90. The Kier molecular flexibility index (Phi) is 5.72. The molecule has 0 spiro atoms. The van der Waals surface area contributed by atoms with Crippen molar-refractivity contribution in [3.8, 4) is 6.07 Å². The molecule has 0 N–H and O–H groups in total. The van der Waals surface area contributed by atoms with Gasteiger partial charge < -0.3 is 4.90 Å². The van der Waals surface area contributed by atoms with Gasteiger partial charge in [0.2, 0.25) is 5.91 Å². The van der Waals surface area contributed by atoms with Gasteiger partial charge in [-0.25, -0.2) is 0 Å². The van der Waals surface area contributed by atoms with Crippen LogP contribution in [0.5, 0.6) is 0 Å². The van der Waals surface area contributed by atoms with E-state index in [4.69, 9.17) is 5.26 Å². The zero-order valence-corrected chi connectivity index (χ0v) is 15.3. The molecule has 0 aliphatic carbocycles. The van der Waals surface area contributed by atoms with Crippen LogP contribution in [-0.2, 0) is 11.3 Å². The second-order valence-corrected chi connectivity index (χ2v) is 7.44. The van der Waals surface area contributed by atoms with Crippen LogP contribution in [0.2, 0.25) is 0 Å². The third-order valence-electron chi connectivity index (χ3n) is 5.58. The molecule has 1 amide bonds. The summed E-state index contributed by atoms with van der Waals surface area (Å²) in [5.74, 6) is 0.839. The van der Waals surface area contributed by atoms with E-state index in [9.17, 15) is 4.79 Å². The second-order valence-electron chi connectivity index (χ2n) is 7.44.